The Morgan fingerprint density at radius 1 is 1.00 bits per heavy atom. The van der Waals surface area contributed by atoms with Crippen LogP contribution in [0.4, 0.5) is 0 Å². The van der Waals surface area contributed by atoms with Gasteiger partial charge in [-0.3, -0.25) is 0 Å². The number of aromatic nitrogens is 4. The quantitative estimate of drug-likeness (QED) is 0.773. The molecule has 0 saturated carbocycles. The van der Waals surface area contributed by atoms with E-state index in [9.17, 15) is 0 Å². The van der Waals surface area contributed by atoms with Crippen molar-refractivity contribution in [2.75, 3.05) is 6.54 Å². The monoisotopic (exact) mass is 267 g/mol. The lowest BCUT2D eigenvalue weighted by Crippen LogP contribution is -2.03. The molecule has 0 unspecified atom stereocenters. The first-order valence-electron chi connectivity index (χ1n) is 6.28. The van der Waals surface area contributed by atoms with Crippen molar-refractivity contribution in [3.8, 4) is 23.1 Å². The van der Waals surface area contributed by atoms with E-state index in [1.165, 1.54) is 0 Å². The smallest absolute Gasteiger partial charge is 0.258 e. The third-order valence-electron chi connectivity index (χ3n) is 2.85. The summed E-state index contributed by atoms with van der Waals surface area (Å²) in [7, 11) is 0. The highest BCUT2D eigenvalue weighted by Crippen LogP contribution is 2.23. The highest BCUT2D eigenvalue weighted by molar-refractivity contribution is 5.60. The second-order valence-corrected chi connectivity index (χ2v) is 4.19. The van der Waals surface area contributed by atoms with Crippen molar-refractivity contribution in [2.45, 2.75) is 6.42 Å². The molecule has 0 aliphatic heterocycles. The molecule has 1 aromatic carbocycles. The summed E-state index contributed by atoms with van der Waals surface area (Å²) in [6.07, 6.45) is 4.04. The van der Waals surface area contributed by atoms with Crippen molar-refractivity contribution in [1.29, 1.82) is 0 Å². The summed E-state index contributed by atoms with van der Waals surface area (Å²) < 4.78 is 5.31. The second kappa shape index (κ2) is 5.58. The molecule has 0 bridgehead atoms. The van der Waals surface area contributed by atoms with E-state index < -0.39 is 0 Å². The van der Waals surface area contributed by atoms with Crippen LogP contribution in [-0.2, 0) is 6.42 Å². The molecule has 2 heterocycles. The minimum absolute atomic E-state index is 0.378. The van der Waals surface area contributed by atoms with E-state index in [0.29, 0.717) is 24.1 Å². The lowest BCUT2D eigenvalue weighted by Gasteiger charge is -2.03. The van der Waals surface area contributed by atoms with E-state index in [2.05, 4.69) is 20.1 Å². The van der Waals surface area contributed by atoms with Crippen LogP contribution < -0.4 is 5.73 Å². The SMILES string of the molecule is NCCc1ccccc1-c1nc(-c2ncccn2)no1. The van der Waals surface area contributed by atoms with Gasteiger partial charge in [0.1, 0.15) is 0 Å². The zero-order chi connectivity index (χ0) is 13.8. The molecule has 0 fully saturated rings. The van der Waals surface area contributed by atoms with Gasteiger partial charge in [-0.15, -0.1) is 0 Å². The van der Waals surface area contributed by atoms with Crippen LogP contribution in [0.3, 0.4) is 0 Å². The molecule has 0 radical (unpaired) electrons. The molecule has 0 atom stereocenters. The molecule has 0 aliphatic carbocycles. The maximum absolute atomic E-state index is 5.62. The van der Waals surface area contributed by atoms with Gasteiger partial charge in [0.2, 0.25) is 11.6 Å². The van der Waals surface area contributed by atoms with Crippen molar-refractivity contribution in [1.82, 2.24) is 20.1 Å². The van der Waals surface area contributed by atoms with Crippen molar-refractivity contribution in [3.63, 3.8) is 0 Å². The van der Waals surface area contributed by atoms with Gasteiger partial charge >= 0.3 is 0 Å². The van der Waals surface area contributed by atoms with Crippen LogP contribution in [0.2, 0.25) is 0 Å². The lowest BCUT2D eigenvalue weighted by atomic mass is 10.0. The summed E-state index contributed by atoms with van der Waals surface area (Å²) in [4.78, 5) is 12.5. The van der Waals surface area contributed by atoms with Crippen LogP contribution in [0, 0.1) is 0 Å². The summed E-state index contributed by atoms with van der Waals surface area (Å²) in [6, 6.07) is 9.57. The number of nitrogens with zero attached hydrogens (tertiary/aromatic N) is 4. The van der Waals surface area contributed by atoms with E-state index in [-0.39, 0.29) is 0 Å². The maximum atomic E-state index is 5.62. The fourth-order valence-electron chi connectivity index (χ4n) is 1.94. The Hall–Kier alpha value is -2.60. The summed E-state index contributed by atoms with van der Waals surface area (Å²) in [5.41, 5.74) is 7.60. The largest absolute Gasteiger partial charge is 0.333 e. The molecular formula is C14H13N5O. The third-order valence-corrected chi connectivity index (χ3v) is 2.85. The van der Waals surface area contributed by atoms with Gasteiger partial charge in [-0.05, 0) is 30.7 Å². The van der Waals surface area contributed by atoms with Gasteiger partial charge in [0.15, 0.2) is 0 Å². The summed E-state index contributed by atoms with van der Waals surface area (Å²) in [5.74, 6) is 1.28. The minimum atomic E-state index is 0.378. The highest BCUT2D eigenvalue weighted by Gasteiger charge is 2.14. The summed E-state index contributed by atoms with van der Waals surface area (Å²) in [5, 5.41) is 3.92. The molecular weight excluding hydrogens is 254 g/mol. The fraction of sp³-hybridized carbons (Fsp3) is 0.143. The van der Waals surface area contributed by atoms with E-state index in [1.807, 2.05) is 24.3 Å². The van der Waals surface area contributed by atoms with Crippen LogP contribution in [0.5, 0.6) is 0 Å². The molecule has 2 aromatic heterocycles. The van der Waals surface area contributed by atoms with Gasteiger partial charge in [0.05, 0.1) is 0 Å². The standard InChI is InChI=1S/C14H13N5O/c15-7-6-10-4-1-2-5-11(10)14-18-13(19-20-14)12-16-8-3-9-17-12/h1-5,8-9H,6-7,15H2. The fourth-order valence-corrected chi connectivity index (χ4v) is 1.94. The summed E-state index contributed by atoms with van der Waals surface area (Å²) >= 11 is 0. The Labute approximate surface area is 115 Å². The van der Waals surface area contributed by atoms with Gasteiger partial charge < -0.3 is 10.3 Å². The Morgan fingerprint density at radius 2 is 1.80 bits per heavy atom. The van der Waals surface area contributed by atoms with E-state index >= 15 is 0 Å². The number of hydrogen-bond acceptors (Lipinski definition) is 6. The third kappa shape index (κ3) is 2.41. The molecule has 3 rings (SSSR count). The van der Waals surface area contributed by atoms with Gasteiger partial charge in [-0.2, -0.15) is 4.98 Å². The Morgan fingerprint density at radius 3 is 2.60 bits per heavy atom. The van der Waals surface area contributed by atoms with E-state index in [1.54, 1.807) is 18.5 Å². The Kier molecular flexibility index (Phi) is 3.47. The van der Waals surface area contributed by atoms with Gasteiger partial charge in [-0.25, -0.2) is 9.97 Å². The van der Waals surface area contributed by atoms with Crippen LogP contribution in [0.25, 0.3) is 23.1 Å². The topological polar surface area (TPSA) is 90.7 Å². The molecule has 0 saturated heterocycles. The molecule has 0 amide bonds. The first kappa shape index (κ1) is 12.4. The average molecular weight is 267 g/mol. The number of hydrogen-bond donors (Lipinski definition) is 1. The molecule has 3 aromatic rings. The predicted octanol–water partition coefficient (Wildman–Crippen LogP) is 1.69. The molecule has 0 aliphatic rings. The second-order valence-electron chi connectivity index (χ2n) is 4.19. The van der Waals surface area contributed by atoms with Crippen LogP contribution in [0.1, 0.15) is 5.56 Å². The lowest BCUT2D eigenvalue weighted by molar-refractivity contribution is 0.431. The molecule has 2 N–H and O–H groups in total. The van der Waals surface area contributed by atoms with Crippen molar-refractivity contribution in [2.24, 2.45) is 5.73 Å². The van der Waals surface area contributed by atoms with Crippen molar-refractivity contribution >= 4 is 0 Å². The van der Waals surface area contributed by atoms with Crippen molar-refractivity contribution < 1.29 is 4.52 Å². The average Bonchev–Trinajstić information content (AvgIpc) is 2.99. The number of nitrogens with two attached hydrogens (primary N) is 1. The molecule has 0 spiro atoms. The van der Waals surface area contributed by atoms with E-state index in [4.69, 9.17) is 10.3 Å². The highest BCUT2D eigenvalue weighted by atomic mass is 16.5. The minimum Gasteiger partial charge on any atom is -0.333 e. The first-order valence-corrected chi connectivity index (χ1v) is 6.28. The molecule has 6 nitrogen and oxygen atoms in total. The van der Waals surface area contributed by atoms with Crippen molar-refractivity contribution in [3.05, 3.63) is 48.3 Å². The Balaban J connectivity index is 1.98. The normalized spacial score (nSPS) is 10.7. The Bertz CT molecular complexity index is 696. The zero-order valence-corrected chi connectivity index (χ0v) is 10.7. The van der Waals surface area contributed by atoms with Gasteiger partial charge in [0.25, 0.3) is 5.89 Å². The van der Waals surface area contributed by atoms with Gasteiger partial charge in [-0.1, -0.05) is 23.4 Å². The number of rotatable bonds is 4. The number of benzene rings is 1. The molecule has 6 heteroatoms. The molecule has 20 heavy (non-hydrogen) atoms. The summed E-state index contributed by atoms with van der Waals surface area (Å²) in [6.45, 7) is 0.569. The predicted molar refractivity (Wildman–Crippen MR) is 73.5 cm³/mol. The van der Waals surface area contributed by atoms with Crippen LogP contribution in [0.15, 0.2) is 47.2 Å². The first-order chi connectivity index (χ1) is 9.88. The van der Waals surface area contributed by atoms with E-state index in [0.717, 1.165) is 17.5 Å². The van der Waals surface area contributed by atoms with Gasteiger partial charge in [0, 0.05) is 18.0 Å². The maximum Gasteiger partial charge on any atom is 0.258 e. The molecule has 100 valence electrons. The van der Waals surface area contributed by atoms with Crippen LogP contribution >= 0.6 is 0 Å². The zero-order valence-electron chi connectivity index (χ0n) is 10.7. The van der Waals surface area contributed by atoms with Crippen LogP contribution in [-0.4, -0.2) is 26.7 Å².